The van der Waals surface area contributed by atoms with Gasteiger partial charge in [-0.2, -0.15) is 0 Å². The molecule has 1 aliphatic heterocycles. The number of ether oxygens (including phenoxy) is 5. The van der Waals surface area contributed by atoms with Crippen LogP contribution < -0.4 is 10.4 Å². The van der Waals surface area contributed by atoms with E-state index in [4.69, 9.17) is 47.4 Å². The molecular weight excluding hydrogens is 508 g/mol. The molecule has 0 unspecified atom stereocenters. The van der Waals surface area contributed by atoms with E-state index in [1.807, 2.05) is 36.4 Å². The van der Waals surface area contributed by atoms with Gasteiger partial charge in [-0.25, -0.2) is 0 Å². The van der Waals surface area contributed by atoms with Gasteiger partial charge in [-0.05, 0) is 15.4 Å². The maximum Gasteiger partial charge on any atom is 0.261 e. The molecule has 1 saturated heterocycles. The summed E-state index contributed by atoms with van der Waals surface area (Å²) in [6.07, 6.45) is 13.2. The Morgan fingerprint density at radius 3 is 1.64 bits per heavy atom. The molecule has 7 heteroatoms. The molecule has 0 radical (unpaired) electrons. The fraction of sp³-hybridized carbons (Fsp3) is 0.438. The summed E-state index contributed by atoms with van der Waals surface area (Å²) in [5, 5.41) is 2.08. The highest BCUT2D eigenvalue weighted by Crippen LogP contribution is 2.38. The summed E-state index contributed by atoms with van der Waals surface area (Å²) >= 11 is 0. The van der Waals surface area contributed by atoms with E-state index in [1.54, 1.807) is 0 Å². The summed E-state index contributed by atoms with van der Waals surface area (Å²) in [5.41, 5.74) is 0. The smallest absolute Gasteiger partial charge is 0.261 e. The summed E-state index contributed by atoms with van der Waals surface area (Å²) in [5.74, 6) is 7.53. The van der Waals surface area contributed by atoms with Gasteiger partial charge in [0.1, 0.15) is 44.2 Å². The zero-order valence-electron chi connectivity index (χ0n) is 23.2. The van der Waals surface area contributed by atoms with Crippen molar-refractivity contribution in [3.63, 3.8) is 0 Å². The van der Waals surface area contributed by atoms with Crippen LogP contribution in [0.2, 0.25) is 5.04 Å². The normalized spacial score (nSPS) is 23.4. The van der Waals surface area contributed by atoms with Gasteiger partial charge in [0.2, 0.25) is 0 Å². The predicted molar refractivity (Wildman–Crippen MR) is 155 cm³/mol. The molecule has 206 valence electrons. The van der Waals surface area contributed by atoms with E-state index in [-0.39, 0.29) is 31.5 Å². The number of terminal acetylenes is 3. The van der Waals surface area contributed by atoms with Crippen molar-refractivity contribution in [1.82, 2.24) is 0 Å². The fourth-order valence-corrected chi connectivity index (χ4v) is 9.74. The van der Waals surface area contributed by atoms with Crippen molar-refractivity contribution in [2.24, 2.45) is 0 Å². The van der Waals surface area contributed by atoms with Crippen molar-refractivity contribution >= 4 is 18.7 Å². The van der Waals surface area contributed by atoms with Crippen LogP contribution in [0.4, 0.5) is 0 Å². The highest BCUT2D eigenvalue weighted by Gasteiger charge is 2.53. The first-order valence-corrected chi connectivity index (χ1v) is 14.8. The lowest BCUT2D eigenvalue weighted by molar-refractivity contribution is -0.311. The Balaban J connectivity index is 2.05. The molecule has 3 rings (SSSR count). The Kier molecular flexibility index (Phi) is 11.4. The number of rotatable bonds is 12. The van der Waals surface area contributed by atoms with Gasteiger partial charge in [0, 0.05) is 7.11 Å². The lowest BCUT2D eigenvalue weighted by Crippen LogP contribution is -2.68. The van der Waals surface area contributed by atoms with Gasteiger partial charge in [-0.15, -0.1) is 19.3 Å². The lowest BCUT2D eigenvalue weighted by atomic mass is 9.98. The van der Waals surface area contributed by atoms with Crippen LogP contribution in [0.15, 0.2) is 60.7 Å². The second-order valence-corrected chi connectivity index (χ2v) is 14.5. The van der Waals surface area contributed by atoms with Crippen molar-refractivity contribution in [1.29, 1.82) is 0 Å². The molecular formula is C32H38O6Si. The Labute approximate surface area is 234 Å². The van der Waals surface area contributed by atoms with Gasteiger partial charge in [-0.3, -0.25) is 0 Å². The first-order valence-electron chi connectivity index (χ1n) is 12.9. The van der Waals surface area contributed by atoms with Gasteiger partial charge in [0.05, 0.1) is 6.61 Å². The maximum atomic E-state index is 7.14. The predicted octanol–water partition coefficient (Wildman–Crippen LogP) is 2.99. The summed E-state index contributed by atoms with van der Waals surface area (Å²) in [6.45, 7) is 6.96. The molecule has 1 aliphatic rings. The first-order chi connectivity index (χ1) is 18.8. The van der Waals surface area contributed by atoms with E-state index in [9.17, 15) is 0 Å². The SMILES string of the molecule is C#CCO[C@@H]1[C@H](OCC#C)[C@@H](OC)O[C@H](CO[Si](c2ccccc2)(c2ccccc2)C(C)(C)C)[C@H]1OCC#C. The van der Waals surface area contributed by atoms with Crippen molar-refractivity contribution in [3.05, 3.63) is 60.7 Å². The van der Waals surface area contributed by atoms with Crippen molar-refractivity contribution in [2.45, 2.75) is 56.5 Å². The zero-order valence-corrected chi connectivity index (χ0v) is 24.2. The van der Waals surface area contributed by atoms with Crippen LogP contribution in [0.5, 0.6) is 0 Å². The molecule has 0 aromatic heterocycles. The zero-order chi connectivity index (χ0) is 28.3. The molecule has 1 fully saturated rings. The largest absolute Gasteiger partial charge is 0.405 e. The molecule has 0 amide bonds. The van der Waals surface area contributed by atoms with Crippen LogP contribution in [0.1, 0.15) is 20.8 Å². The van der Waals surface area contributed by atoms with E-state index in [1.165, 1.54) is 7.11 Å². The number of hydrogen-bond donors (Lipinski definition) is 0. The number of methoxy groups -OCH3 is 1. The molecule has 5 atom stereocenters. The van der Waals surface area contributed by atoms with Crippen LogP contribution in [0, 0.1) is 37.0 Å². The van der Waals surface area contributed by atoms with Crippen molar-refractivity contribution in [3.8, 4) is 37.0 Å². The van der Waals surface area contributed by atoms with E-state index in [0.717, 1.165) is 10.4 Å². The van der Waals surface area contributed by atoms with Gasteiger partial charge in [0.25, 0.3) is 8.32 Å². The molecule has 0 N–H and O–H groups in total. The van der Waals surface area contributed by atoms with Gasteiger partial charge in [-0.1, -0.05) is 99.2 Å². The topological polar surface area (TPSA) is 55.4 Å². The number of benzene rings is 2. The van der Waals surface area contributed by atoms with Crippen molar-refractivity contribution in [2.75, 3.05) is 33.5 Å². The lowest BCUT2D eigenvalue weighted by Gasteiger charge is -2.47. The third kappa shape index (κ3) is 7.00. The molecule has 0 bridgehead atoms. The maximum absolute atomic E-state index is 7.14. The molecule has 0 aliphatic carbocycles. The van der Waals surface area contributed by atoms with Crippen LogP contribution in [0.3, 0.4) is 0 Å². The molecule has 39 heavy (non-hydrogen) atoms. The monoisotopic (exact) mass is 546 g/mol. The standard InChI is InChI=1S/C32H38O6Si/c1-8-21-34-28-27(38-31(33-7)30(36-23-10-3)29(28)35-22-9-2)24-37-39(32(4,5)6,25-17-13-11-14-18-25)26-19-15-12-16-20-26/h1-3,11-20,27-31H,21-24H2,4-7H3/t27-,28-,29+,30+,31+/m1/s1. The minimum atomic E-state index is -2.86. The van der Waals surface area contributed by atoms with Crippen molar-refractivity contribution < 1.29 is 28.1 Å². The van der Waals surface area contributed by atoms with Crippen LogP contribution in [-0.2, 0) is 28.1 Å². The average molecular weight is 547 g/mol. The fourth-order valence-electron chi connectivity index (χ4n) is 5.17. The highest BCUT2D eigenvalue weighted by molar-refractivity contribution is 6.99. The third-order valence-corrected chi connectivity index (χ3v) is 11.8. The van der Waals surface area contributed by atoms with E-state index in [2.05, 4.69) is 62.8 Å². The summed E-state index contributed by atoms with van der Waals surface area (Å²) < 4.78 is 37.3. The summed E-state index contributed by atoms with van der Waals surface area (Å²) in [6, 6.07) is 20.8. The Hall–Kier alpha value is -2.90. The molecule has 2 aromatic rings. The minimum Gasteiger partial charge on any atom is -0.405 e. The minimum absolute atomic E-state index is 0.0366. The molecule has 6 nitrogen and oxygen atoms in total. The van der Waals surface area contributed by atoms with Gasteiger partial charge >= 0.3 is 0 Å². The van der Waals surface area contributed by atoms with Crippen LogP contribution in [-0.4, -0.2) is 72.6 Å². The average Bonchev–Trinajstić information content (AvgIpc) is 2.95. The van der Waals surface area contributed by atoms with Gasteiger partial charge < -0.3 is 28.1 Å². The molecule has 0 spiro atoms. The Morgan fingerprint density at radius 2 is 1.21 bits per heavy atom. The summed E-state index contributed by atoms with van der Waals surface area (Å²) in [4.78, 5) is 0. The quantitative estimate of drug-likeness (QED) is 0.302. The molecule has 0 saturated carbocycles. The van der Waals surface area contributed by atoms with E-state index < -0.39 is 39.0 Å². The highest BCUT2D eigenvalue weighted by atomic mass is 28.4. The Morgan fingerprint density at radius 1 is 0.744 bits per heavy atom. The molecule has 1 heterocycles. The van der Waals surface area contributed by atoms with E-state index in [0.29, 0.717) is 0 Å². The summed E-state index contributed by atoms with van der Waals surface area (Å²) in [7, 11) is -1.32. The first kappa shape index (κ1) is 30.6. The third-order valence-electron chi connectivity index (χ3n) is 6.78. The molecule has 2 aromatic carbocycles. The van der Waals surface area contributed by atoms with Gasteiger partial charge in [0.15, 0.2) is 6.29 Å². The number of hydrogen-bond acceptors (Lipinski definition) is 6. The Bertz CT molecular complexity index is 1100. The van der Waals surface area contributed by atoms with E-state index >= 15 is 0 Å². The van der Waals surface area contributed by atoms with Crippen LogP contribution >= 0.6 is 0 Å². The van der Waals surface area contributed by atoms with Crippen LogP contribution in [0.25, 0.3) is 0 Å². The second kappa shape index (κ2) is 14.5. The second-order valence-electron chi connectivity index (χ2n) is 10.2.